The van der Waals surface area contributed by atoms with E-state index in [0.29, 0.717) is 11.9 Å². The van der Waals surface area contributed by atoms with Crippen molar-refractivity contribution in [1.82, 2.24) is 0 Å². The summed E-state index contributed by atoms with van der Waals surface area (Å²) in [5.41, 5.74) is 3.04. The molecule has 0 radical (unpaired) electrons. The molecular formula is C27H34BrO4PSi. The highest BCUT2D eigenvalue weighted by Crippen LogP contribution is 2.50. The summed E-state index contributed by atoms with van der Waals surface area (Å²) >= 11 is 3.57. The minimum atomic E-state index is -3.17. The van der Waals surface area contributed by atoms with Gasteiger partial charge < -0.3 is 13.5 Å². The minimum absolute atomic E-state index is 0.104. The summed E-state index contributed by atoms with van der Waals surface area (Å²) in [6.45, 7) is 7.26. The summed E-state index contributed by atoms with van der Waals surface area (Å²) in [7, 11) is -2.98. The molecule has 0 heterocycles. The normalized spacial score (nSPS) is 12.6. The average Bonchev–Trinajstić information content (AvgIpc) is 2.84. The standard InChI is InChI=1S/C27H34BrO4PSi/c1-27(2,3)34(25-12-8-6-9-13-25,26-14-10-7-11-15-26)32-20-23-16-22(19-28)17-24(18-23)21-33(29,30-4)31-5/h6-18H,19-21H2,1-5H3. The van der Waals surface area contributed by atoms with Gasteiger partial charge in [0.1, 0.15) is 0 Å². The quantitative estimate of drug-likeness (QED) is 0.158. The summed E-state index contributed by atoms with van der Waals surface area (Å²) in [5, 5.41) is 3.08. The second-order valence-corrected chi connectivity index (χ2v) is 16.5. The van der Waals surface area contributed by atoms with Crippen molar-refractivity contribution in [3.8, 4) is 0 Å². The van der Waals surface area contributed by atoms with Crippen LogP contribution in [0.3, 0.4) is 0 Å². The van der Waals surface area contributed by atoms with E-state index in [1.54, 1.807) is 0 Å². The molecule has 182 valence electrons. The molecule has 0 N–H and O–H groups in total. The van der Waals surface area contributed by atoms with E-state index in [9.17, 15) is 4.57 Å². The van der Waals surface area contributed by atoms with Crippen LogP contribution in [-0.2, 0) is 36.1 Å². The molecule has 3 aromatic rings. The van der Waals surface area contributed by atoms with E-state index in [4.69, 9.17) is 13.5 Å². The lowest BCUT2D eigenvalue weighted by molar-refractivity contribution is 0.274. The number of halogens is 1. The maximum atomic E-state index is 12.8. The first-order valence-corrected chi connectivity index (χ1v) is 16.1. The molecule has 0 atom stereocenters. The number of alkyl halides is 1. The molecule has 0 aromatic heterocycles. The van der Waals surface area contributed by atoms with Gasteiger partial charge in [0, 0.05) is 19.5 Å². The molecule has 0 fully saturated rings. The molecule has 0 aliphatic rings. The molecular weight excluding hydrogens is 527 g/mol. The largest absolute Gasteiger partial charge is 0.403 e. The van der Waals surface area contributed by atoms with Crippen LogP contribution in [0, 0.1) is 0 Å². The summed E-state index contributed by atoms with van der Waals surface area (Å²) in [4.78, 5) is 0. The first-order valence-electron chi connectivity index (χ1n) is 11.3. The van der Waals surface area contributed by atoms with Crippen molar-refractivity contribution in [2.45, 2.75) is 43.9 Å². The summed E-state index contributed by atoms with van der Waals surface area (Å²) in [6.07, 6.45) is 0.215. The lowest BCUT2D eigenvalue weighted by Gasteiger charge is -2.43. The van der Waals surface area contributed by atoms with E-state index >= 15 is 0 Å². The molecule has 3 aromatic carbocycles. The molecule has 0 unspecified atom stereocenters. The third-order valence-corrected chi connectivity index (χ3v) is 13.6. The highest BCUT2D eigenvalue weighted by Gasteiger charge is 2.50. The van der Waals surface area contributed by atoms with E-state index in [0.717, 1.165) is 16.7 Å². The molecule has 0 amide bonds. The molecule has 0 spiro atoms. The summed E-state index contributed by atoms with van der Waals surface area (Å²) in [6, 6.07) is 27.4. The monoisotopic (exact) mass is 560 g/mol. The van der Waals surface area contributed by atoms with Crippen molar-refractivity contribution in [3.63, 3.8) is 0 Å². The van der Waals surface area contributed by atoms with E-state index in [1.807, 2.05) is 18.2 Å². The van der Waals surface area contributed by atoms with Gasteiger partial charge in [0.2, 0.25) is 0 Å². The van der Waals surface area contributed by atoms with Crippen LogP contribution in [0.1, 0.15) is 37.5 Å². The predicted octanol–water partition coefficient (Wildman–Crippen LogP) is 6.64. The number of hydrogen-bond donors (Lipinski definition) is 0. The average molecular weight is 562 g/mol. The Balaban J connectivity index is 2.05. The van der Waals surface area contributed by atoms with E-state index in [2.05, 4.69) is 97.4 Å². The maximum absolute atomic E-state index is 12.8. The molecule has 34 heavy (non-hydrogen) atoms. The molecule has 4 nitrogen and oxygen atoms in total. The van der Waals surface area contributed by atoms with Gasteiger partial charge in [-0.2, -0.15) is 0 Å². The summed E-state index contributed by atoms with van der Waals surface area (Å²) < 4.78 is 30.2. The number of rotatable bonds is 10. The molecule has 0 aliphatic heterocycles. The number of benzene rings is 3. The third-order valence-electron chi connectivity index (χ3n) is 6.07. The van der Waals surface area contributed by atoms with Gasteiger partial charge in [0.15, 0.2) is 0 Å². The van der Waals surface area contributed by atoms with Gasteiger partial charge >= 0.3 is 7.60 Å². The Bertz CT molecular complexity index is 1070. The Labute approximate surface area is 213 Å². The highest BCUT2D eigenvalue weighted by molar-refractivity contribution is 9.08. The van der Waals surface area contributed by atoms with E-state index in [-0.39, 0.29) is 11.2 Å². The molecule has 0 saturated carbocycles. The Morgan fingerprint density at radius 3 is 1.71 bits per heavy atom. The van der Waals surface area contributed by atoms with Crippen LogP contribution >= 0.6 is 23.5 Å². The van der Waals surface area contributed by atoms with Crippen LogP contribution in [0.2, 0.25) is 5.04 Å². The van der Waals surface area contributed by atoms with Gasteiger partial charge in [-0.1, -0.05) is 116 Å². The Morgan fingerprint density at radius 1 is 0.794 bits per heavy atom. The van der Waals surface area contributed by atoms with Crippen molar-refractivity contribution >= 4 is 42.2 Å². The fraction of sp³-hybridized carbons (Fsp3) is 0.333. The lowest BCUT2D eigenvalue weighted by Crippen LogP contribution is -2.66. The van der Waals surface area contributed by atoms with Gasteiger partial charge in [0.25, 0.3) is 8.32 Å². The molecule has 3 rings (SSSR count). The van der Waals surface area contributed by atoms with Gasteiger partial charge in [-0.15, -0.1) is 0 Å². The Hall–Kier alpha value is -1.53. The van der Waals surface area contributed by atoms with Gasteiger partial charge in [0.05, 0.1) is 12.8 Å². The van der Waals surface area contributed by atoms with Gasteiger partial charge in [-0.3, -0.25) is 4.57 Å². The highest BCUT2D eigenvalue weighted by atomic mass is 79.9. The van der Waals surface area contributed by atoms with Crippen LogP contribution in [0.25, 0.3) is 0 Å². The van der Waals surface area contributed by atoms with Crippen molar-refractivity contribution in [1.29, 1.82) is 0 Å². The van der Waals surface area contributed by atoms with Gasteiger partial charge in [-0.05, 0) is 32.1 Å². The van der Waals surface area contributed by atoms with Crippen molar-refractivity contribution in [2.24, 2.45) is 0 Å². The van der Waals surface area contributed by atoms with Crippen LogP contribution in [0.15, 0.2) is 78.9 Å². The third kappa shape index (κ3) is 5.99. The smallest absolute Gasteiger partial charge is 0.334 e. The first kappa shape index (κ1) is 27.1. The Kier molecular flexibility index (Phi) is 9.13. The number of hydrogen-bond acceptors (Lipinski definition) is 4. The zero-order chi connectivity index (χ0) is 24.8. The fourth-order valence-electron chi connectivity index (χ4n) is 4.47. The predicted molar refractivity (Wildman–Crippen MR) is 147 cm³/mol. The fourth-order valence-corrected chi connectivity index (χ4v) is 10.4. The molecule has 0 saturated heterocycles. The first-order chi connectivity index (χ1) is 16.2. The molecule has 0 aliphatic carbocycles. The van der Waals surface area contributed by atoms with E-state index < -0.39 is 15.9 Å². The maximum Gasteiger partial charge on any atom is 0.334 e. The minimum Gasteiger partial charge on any atom is -0.403 e. The Morgan fingerprint density at radius 2 is 1.26 bits per heavy atom. The van der Waals surface area contributed by atoms with E-state index in [1.165, 1.54) is 24.6 Å². The topological polar surface area (TPSA) is 44.8 Å². The van der Waals surface area contributed by atoms with Crippen molar-refractivity contribution in [3.05, 3.63) is 95.6 Å². The zero-order valence-corrected chi connectivity index (χ0v) is 24.1. The zero-order valence-electron chi connectivity index (χ0n) is 20.6. The van der Waals surface area contributed by atoms with Crippen LogP contribution < -0.4 is 10.4 Å². The van der Waals surface area contributed by atoms with Gasteiger partial charge in [-0.25, -0.2) is 0 Å². The second-order valence-electron chi connectivity index (χ2n) is 9.38. The lowest BCUT2D eigenvalue weighted by atomic mass is 10.1. The van der Waals surface area contributed by atoms with Crippen molar-refractivity contribution < 1.29 is 18.0 Å². The van der Waals surface area contributed by atoms with Crippen LogP contribution in [0.5, 0.6) is 0 Å². The molecule has 7 heteroatoms. The molecule has 0 bridgehead atoms. The van der Waals surface area contributed by atoms with Crippen LogP contribution in [0.4, 0.5) is 0 Å². The SMILES string of the molecule is COP(=O)(Cc1cc(CBr)cc(CO[Si](c2ccccc2)(c2ccccc2)C(C)(C)C)c1)OC. The summed E-state index contributed by atoms with van der Waals surface area (Å²) in [5.74, 6) is 0. The second kappa shape index (κ2) is 11.5. The van der Waals surface area contributed by atoms with Crippen LogP contribution in [-0.4, -0.2) is 22.5 Å². The van der Waals surface area contributed by atoms with Crippen molar-refractivity contribution in [2.75, 3.05) is 14.2 Å².